The van der Waals surface area contributed by atoms with E-state index in [1.807, 2.05) is 12.1 Å². The molecule has 6 heteroatoms. The van der Waals surface area contributed by atoms with Crippen LogP contribution in [0.15, 0.2) is 24.3 Å². The first-order valence-corrected chi connectivity index (χ1v) is 9.11. The summed E-state index contributed by atoms with van der Waals surface area (Å²) in [6.07, 6.45) is 2.68. The molecule has 2 heterocycles. The van der Waals surface area contributed by atoms with Crippen LogP contribution in [-0.2, 0) is 9.53 Å². The molecule has 1 unspecified atom stereocenters. The number of carbonyl (C=O) groups excluding carboxylic acids is 1. The Morgan fingerprint density at radius 2 is 2.08 bits per heavy atom. The zero-order chi connectivity index (χ0) is 17.7. The summed E-state index contributed by atoms with van der Waals surface area (Å²) in [4.78, 5) is 15.0. The van der Waals surface area contributed by atoms with E-state index in [-0.39, 0.29) is 11.7 Å². The van der Waals surface area contributed by atoms with E-state index in [0.717, 1.165) is 51.1 Å². The number of nitrogens with one attached hydrogen (secondary N) is 2. The van der Waals surface area contributed by atoms with E-state index < -0.39 is 5.41 Å². The van der Waals surface area contributed by atoms with E-state index in [9.17, 15) is 9.18 Å². The Morgan fingerprint density at radius 3 is 2.76 bits per heavy atom. The second kappa shape index (κ2) is 8.15. The molecule has 1 amide bonds. The van der Waals surface area contributed by atoms with Gasteiger partial charge >= 0.3 is 0 Å². The Morgan fingerprint density at radius 1 is 1.36 bits per heavy atom. The lowest BCUT2D eigenvalue weighted by atomic mass is 9.78. The summed E-state index contributed by atoms with van der Waals surface area (Å²) in [7, 11) is 1.66. The molecule has 5 nitrogen and oxygen atoms in total. The summed E-state index contributed by atoms with van der Waals surface area (Å²) >= 11 is 0. The number of rotatable bonds is 6. The maximum atomic E-state index is 13.1. The van der Waals surface area contributed by atoms with Gasteiger partial charge in [0.05, 0.1) is 12.0 Å². The van der Waals surface area contributed by atoms with Gasteiger partial charge in [0.1, 0.15) is 5.82 Å². The fourth-order valence-corrected chi connectivity index (χ4v) is 3.93. The Bertz CT molecular complexity index is 567. The molecule has 2 aliphatic heterocycles. The van der Waals surface area contributed by atoms with Crippen molar-refractivity contribution in [3.63, 3.8) is 0 Å². The SMILES string of the molecule is COCC1(C(=O)NCC2CCN(c3ccc(F)cc3)C2)CCNCC1. The molecule has 3 rings (SSSR count). The van der Waals surface area contributed by atoms with Crippen molar-refractivity contribution in [2.45, 2.75) is 19.3 Å². The third kappa shape index (κ3) is 4.30. The van der Waals surface area contributed by atoms with Crippen molar-refractivity contribution in [2.24, 2.45) is 11.3 Å². The summed E-state index contributed by atoms with van der Waals surface area (Å²) in [5.41, 5.74) is 0.652. The van der Waals surface area contributed by atoms with Gasteiger partial charge in [0.2, 0.25) is 5.91 Å². The van der Waals surface area contributed by atoms with Crippen LogP contribution < -0.4 is 15.5 Å². The molecule has 0 aromatic heterocycles. The van der Waals surface area contributed by atoms with E-state index >= 15 is 0 Å². The van der Waals surface area contributed by atoms with Crippen molar-refractivity contribution < 1.29 is 13.9 Å². The Hall–Kier alpha value is -1.66. The van der Waals surface area contributed by atoms with Crippen molar-refractivity contribution in [3.8, 4) is 0 Å². The minimum absolute atomic E-state index is 0.121. The van der Waals surface area contributed by atoms with Gasteiger partial charge in [0.15, 0.2) is 0 Å². The molecular weight excluding hydrogens is 321 g/mol. The van der Waals surface area contributed by atoms with Gasteiger partial charge in [0.25, 0.3) is 0 Å². The van der Waals surface area contributed by atoms with Gasteiger partial charge in [0, 0.05) is 32.4 Å². The number of benzene rings is 1. The van der Waals surface area contributed by atoms with Crippen LogP contribution in [0.5, 0.6) is 0 Å². The molecular formula is C19H28FN3O2. The minimum atomic E-state index is -0.394. The van der Waals surface area contributed by atoms with Gasteiger partial charge in [-0.15, -0.1) is 0 Å². The summed E-state index contributed by atoms with van der Waals surface area (Å²) in [5.74, 6) is 0.337. The molecule has 138 valence electrons. The first-order valence-electron chi connectivity index (χ1n) is 9.11. The third-order valence-corrected chi connectivity index (χ3v) is 5.49. The number of piperidine rings is 1. The van der Waals surface area contributed by atoms with Crippen LogP contribution in [0.1, 0.15) is 19.3 Å². The largest absolute Gasteiger partial charge is 0.384 e. The van der Waals surface area contributed by atoms with Gasteiger partial charge in [-0.3, -0.25) is 4.79 Å². The van der Waals surface area contributed by atoms with Gasteiger partial charge in [-0.25, -0.2) is 4.39 Å². The van der Waals surface area contributed by atoms with Crippen LogP contribution in [0.4, 0.5) is 10.1 Å². The molecule has 2 saturated heterocycles. The van der Waals surface area contributed by atoms with E-state index in [4.69, 9.17) is 4.74 Å². The van der Waals surface area contributed by atoms with E-state index in [1.165, 1.54) is 12.1 Å². The number of hydrogen-bond acceptors (Lipinski definition) is 4. The Balaban J connectivity index is 1.51. The fourth-order valence-electron chi connectivity index (χ4n) is 3.93. The number of carbonyl (C=O) groups is 1. The van der Waals surface area contributed by atoms with Crippen molar-refractivity contribution in [2.75, 3.05) is 51.3 Å². The number of ether oxygens (including phenoxy) is 1. The fraction of sp³-hybridized carbons (Fsp3) is 0.632. The number of halogens is 1. The quantitative estimate of drug-likeness (QED) is 0.822. The zero-order valence-corrected chi connectivity index (χ0v) is 14.9. The molecule has 0 aliphatic carbocycles. The first-order chi connectivity index (χ1) is 12.1. The second-order valence-corrected chi connectivity index (χ2v) is 7.25. The Kier molecular flexibility index (Phi) is 5.91. The van der Waals surface area contributed by atoms with Crippen LogP contribution in [-0.4, -0.2) is 52.3 Å². The number of hydrogen-bond donors (Lipinski definition) is 2. The van der Waals surface area contributed by atoms with Gasteiger partial charge in [-0.1, -0.05) is 0 Å². The van der Waals surface area contributed by atoms with Crippen LogP contribution >= 0.6 is 0 Å². The van der Waals surface area contributed by atoms with Crippen LogP contribution in [0.25, 0.3) is 0 Å². The van der Waals surface area contributed by atoms with Crippen LogP contribution in [0.2, 0.25) is 0 Å². The van der Waals surface area contributed by atoms with Gasteiger partial charge < -0.3 is 20.3 Å². The highest BCUT2D eigenvalue weighted by Gasteiger charge is 2.39. The average Bonchev–Trinajstić information content (AvgIpc) is 3.10. The predicted molar refractivity (Wildman–Crippen MR) is 96.1 cm³/mol. The lowest BCUT2D eigenvalue weighted by molar-refractivity contribution is -0.136. The van der Waals surface area contributed by atoms with Crippen molar-refractivity contribution in [3.05, 3.63) is 30.1 Å². The first kappa shape index (κ1) is 18.1. The molecule has 2 fully saturated rings. The van der Waals surface area contributed by atoms with Gasteiger partial charge in [-0.05, 0) is 62.5 Å². The highest BCUT2D eigenvalue weighted by molar-refractivity contribution is 5.83. The van der Waals surface area contributed by atoms with Crippen LogP contribution in [0.3, 0.4) is 0 Å². The molecule has 25 heavy (non-hydrogen) atoms. The number of nitrogens with zero attached hydrogens (tertiary/aromatic N) is 1. The molecule has 0 radical (unpaired) electrons. The molecule has 2 aliphatic rings. The smallest absolute Gasteiger partial charge is 0.228 e. The standard InChI is InChI=1S/C19H28FN3O2/c1-25-14-19(7-9-21-10-8-19)18(24)22-12-15-6-11-23(13-15)17-4-2-16(20)3-5-17/h2-5,15,21H,6-14H2,1H3,(H,22,24). The van der Waals surface area contributed by atoms with E-state index in [0.29, 0.717) is 19.1 Å². The summed E-state index contributed by atoms with van der Waals surface area (Å²) in [6.45, 7) is 4.73. The number of anilines is 1. The molecule has 0 spiro atoms. The highest BCUT2D eigenvalue weighted by atomic mass is 19.1. The minimum Gasteiger partial charge on any atom is -0.384 e. The second-order valence-electron chi connectivity index (χ2n) is 7.25. The molecule has 2 N–H and O–H groups in total. The predicted octanol–water partition coefficient (Wildman–Crippen LogP) is 1.78. The number of methoxy groups -OCH3 is 1. The van der Waals surface area contributed by atoms with E-state index in [2.05, 4.69) is 15.5 Å². The normalized spacial score (nSPS) is 22.8. The van der Waals surface area contributed by atoms with Crippen molar-refractivity contribution in [1.82, 2.24) is 10.6 Å². The summed E-state index contributed by atoms with van der Waals surface area (Å²) in [6, 6.07) is 6.63. The monoisotopic (exact) mass is 349 g/mol. The maximum absolute atomic E-state index is 13.1. The topological polar surface area (TPSA) is 53.6 Å². The molecule has 1 aromatic carbocycles. The lowest BCUT2D eigenvalue weighted by Gasteiger charge is -2.35. The maximum Gasteiger partial charge on any atom is 0.228 e. The third-order valence-electron chi connectivity index (χ3n) is 5.49. The summed E-state index contributed by atoms with van der Waals surface area (Å²) in [5, 5.41) is 6.48. The van der Waals surface area contributed by atoms with Crippen LogP contribution in [0, 0.1) is 17.2 Å². The molecule has 0 saturated carbocycles. The lowest BCUT2D eigenvalue weighted by Crippen LogP contribution is -2.51. The van der Waals surface area contributed by atoms with Gasteiger partial charge in [-0.2, -0.15) is 0 Å². The average molecular weight is 349 g/mol. The van der Waals surface area contributed by atoms with Crippen molar-refractivity contribution in [1.29, 1.82) is 0 Å². The highest BCUT2D eigenvalue weighted by Crippen LogP contribution is 2.30. The molecule has 1 aromatic rings. The molecule has 1 atom stereocenters. The van der Waals surface area contributed by atoms with E-state index in [1.54, 1.807) is 7.11 Å². The molecule has 0 bridgehead atoms. The Labute approximate surface area is 148 Å². The zero-order valence-electron chi connectivity index (χ0n) is 14.9. The summed E-state index contributed by atoms with van der Waals surface area (Å²) < 4.78 is 18.4. The van der Waals surface area contributed by atoms with Crippen molar-refractivity contribution >= 4 is 11.6 Å². The number of amides is 1.